The molecular formula is C64H123NO5. The number of hydrogen-bond acceptors (Lipinski definition) is 5. The quantitative estimate of drug-likeness (QED) is 0.0321. The second kappa shape index (κ2) is 59.9. The van der Waals surface area contributed by atoms with Crippen LogP contribution in [0.3, 0.4) is 0 Å². The number of carbonyl (C=O) groups excluding carboxylic acids is 2. The third-order valence-corrected chi connectivity index (χ3v) is 14.8. The van der Waals surface area contributed by atoms with E-state index in [1.54, 1.807) is 0 Å². The molecule has 414 valence electrons. The predicted molar refractivity (Wildman–Crippen MR) is 306 cm³/mol. The Kier molecular flexibility index (Phi) is 58.5. The zero-order valence-corrected chi connectivity index (χ0v) is 47.3. The number of aliphatic hydroxyl groups is 2. The molecule has 0 radical (unpaired) electrons. The zero-order valence-electron chi connectivity index (χ0n) is 47.3. The van der Waals surface area contributed by atoms with Crippen LogP contribution in [0.5, 0.6) is 0 Å². The van der Waals surface area contributed by atoms with E-state index in [-0.39, 0.29) is 18.5 Å². The van der Waals surface area contributed by atoms with Gasteiger partial charge < -0.3 is 20.3 Å². The Hall–Kier alpha value is -1.66. The molecule has 2 atom stereocenters. The summed E-state index contributed by atoms with van der Waals surface area (Å²) in [6.07, 6.45) is 73.2. The highest BCUT2D eigenvalue weighted by Crippen LogP contribution is 2.18. The van der Waals surface area contributed by atoms with E-state index in [4.69, 9.17) is 4.74 Å². The van der Waals surface area contributed by atoms with Crippen LogP contribution in [0.25, 0.3) is 0 Å². The maximum atomic E-state index is 12.5. The molecule has 0 aliphatic carbocycles. The van der Waals surface area contributed by atoms with Gasteiger partial charge in [0.15, 0.2) is 0 Å². The van der Waals surface area contributed by atoms with Crippen LogP contribution in [0, 0.1) is 0 Å². The van der Waals surface area contributed by atoms with Crippen molar-refractivity contribution < 1.29 is 24.5 Å². The molecule has 0 aliphatic heterocycles. The first-order chi connectivity index (χ1) is 34.5. The topological polar surface area (TPSA) is 95.9 Å². The van der Waals surface area contributed by atoms with Crippen LogP contribution in [0.1, 0.15) is 348 Å². The van der Waals surface area contributed by atoms with Crippen molar-refractivity contribution in [3.63, 3.8) is 0 Å². The first kappa shape index (κ1) is 68.3. The van der Waals surface area contributed by atoms with Gasteiger partial charge in [0.05, 0.1) is 25.4 Å². The zero-order chi connectivity index (χ0) is 50.7. The molecule has 0 heterocycles. The summed E-state index contributed by atoms with van der Waals surface area (Å²) in [7, 11) is 0. The average molecular weight is 987 g/mol. The van der Waals surface area contributed by atoms with Gasteiger partial charge in [0.2, 0.25) is 5.91 Å². The number of unbranched alkanes of at least 4 members (excludes halogenated alkanes) is 44. The van der Waals surface area contributed by atoms with Crippen molar-refractivity contribution in [3.05, 3.63) is 24.3 Å². The van der Waals surface area contributed by atoms with Crippen LogP contribution >= 0.6 is 0 Å². The predicted octanol–water partition coefficient (Wildman–Crippen LogP) is 19.8. The van der Waals surface area contributed by atoms with E-state index >= 15 is 0 Å². The lowest BCUT2D eigenvalue weighted by Crippen LogP contribution is -2.45. The largest absolute Gasteiger partial charge is 0.466 e. The highest BCUT2D eigenvalue weighted by Gasteiger charge is 2.20. The summed E-state index contributed by atoms with van der Waals surface area (Å²) in [4.78, 5) is 24.6. The van der Waals surface area contributed by atoms with Gasteiger partial charge in [0.25, 0.3) is 0 Å². The van der Waals surface area contributed by atoms with Crippen LogP contribution < -0.4 is 5.32 Å². The average Bonchev–Trinajstić information content (AvgIpc) is 3.36. The molecule has 2 unspecified atom stereocenters. The van der Waals surface area contributed by atoms with Gasteiger partial charge in [0.1, 0.15) is 0 Å². The molecule has 3 N–H and O–H groups in total. The highest BCUT2D eigenvalue weighted by atomic mass is 16.5. The number of nitrogens with one attached hydrogen (secondary N) is 1. The molecule has 0 aliphatic rings. The molecule has 6 heteroatoms. The van der Waals surface area contributed by atoms with Crippen LogP contribution in [-0.4, -0.2) is 47.4 Å². The van der Waals surface area contributed by atoms with Crippen molar-refractivity contribution in [2.75, 3.05) is 13.2 Å². The minimum Gasteiger partial charge on any atom is -0.466 e. The Bertz CT molecular complexity index is 1090. The van der Waals surface area contributed by atoms with Crippen molar-refractivity contribution in [1.29, 1.82) is 0 Å². The molecule has 0 aromatic heterocycles. The number of ether oxygens (including phenoxy) is 1. The highest BCUT2D eigenvalue weighted by molar-refractivity contribution is 5.76. The third-order valence-electron chi connectivity index (χ3n) is 14.8. The maximum Gasteiger partial charge on any atom is 0.305 e. The SMILES string of the molecule is CCCCC/C=C\C/C=C\CCCCCCCCCC(=O)OCCCCCCCCCCCCCC(=O)NC(CO)C(O)CCCCCCCCCCCCCCCCCCCCCCCCCCC. The first-order valence-corrected chi connectivity index (χ1v) is 31.6. The Morgan fingerprint density at radius 3 is 1.11 bits per heavy atom. The van der Waals surface area contributed by atoms with Crippen molar-refractivity contribution in [2.45, 2.75) is 360 Å². The Balaban J connectivity index is 3.45. The lowest BCUT2D eigenvalue weighted by molar-refractivity contribution is -0.143. The van der Waals surface area contributed by atoms with Gasteiger partial charge in [-0.05, 0) is 57.8 Å². The standard InChI is InChI=1S/C64H123NO5/c1-3-5-7-9-11-13-15-17-19-21-22-23-24-25-26-27-28-30-31-33-36-40-44-48-52-56-62(67)61(60-66)65-63(68)57-53-49-45-41-37-35-39-43-47-51-55-59-70-64(69)58-54-50-46-42-38-34-32-29-20-18-16-14-12-10-8-6-4-2/h12,14,18,20,61-62,66-67H,3-11,13,15-17,19,21-60H2,1-2H3,(H,65,68)/b14-12-,20-18-. The third kappa shape index (κ3) is 55.7. The molecular weight excluding hydrogens is 863 g/mol. The van der Waals surface area contributed by atoms with Gasteiger partial charge in [-0.3, -0.25) is 9.59 Å². The second-order valence-electron chi connectivity index (χ2n) is 21.7. The summed E-state index contributed by atoms with van der Waals surface area (Å²) >= 11 is 0. The van der Waals surface area contributed by atoms with E-state index in [9.17, 15) is 19.8 Å². The molecule has 1 amide bonds. The molecule has 0 spiro atoms. The first-order valence-electron chi connectivity index (χ1n) is 31.6. The van der Waals surface area contributed by atoms with E-state index in [0.29, 0.717) is 25.9 Å². The van der Waals surface area contributed by atoms with Crippen LogP contribution in [0.4, 0.5) is 0 Å². The minimum atomic E-state index is -0.679. The van der Waals surface area contributed by atoms with Crippen molar-refractivity contribution in [1.82, 2.24) is 5.32 Å². The normalized spacial score (nSPS) is 12.7. The van der Waals surface area contributed by atoms with Gasteiger partial charge in [-0.15, -0.1) is 0 Å². The minimum absolute atomic E-state index is 0.0201. The molecule has 6 nitrogen and oxygen atoms in total. The summed E-state index contributed by atoms with van der Waals surface area (Å²) in [5.74, 6) is -0.0705. The summed E-state index contributed by atoms with van der Waals surface area (Å²) in [6, 6.07) is -0.558. The Labute approximate surface area is 437 Å². The van der Waals surface area contributed by atoms with Crippen molar-refractivity contribution in [3.8, 4) is 0 Å². The maximum absolute atomic E-state index is 12.5. The summed E-state index contributed by atoms with van der Waals surface area (Å²) < 4.78 is 5.48. The Morgan fingerprint density at radius 1 is 0.400 bits per heavy atom. The van der Waals surface area contributed by atoms with Crippen LogP contribution in [0.15, 0.2) is 24.3 Å². The number of allylic oxidation sites excluding steroid dienone is 4. The van der Waals surface area contributed by atoms with Gasteiger partial charge >= 0.3 is 5.97 Å². The van der Waals surface area contributed by atoms with Crippen LogP contribution in [-0.2, 0) is 14.3 Å². The lowest BCUT2D eigenvalue weighted by Gasteiger charge is -2.22. The smallest absolute Gasteiger partial charge is 0.305 e. The van der Waals surface area contributed by atoms with Crippen LogP contribution in [0.2, 0.25) is 0 Å². The van der Waals surface area contributed by atoms with E-state index < -0.39 is 12.1 Å². The van der Waals surface area contributed by atoms with E-state index in [1.807, 2.05) is 0 Å². The van der Waals surface area contributed by atoms with Crippen molar-refractivity contribution >= 4 is 11.9 Å². The van der Waals surface area contributed by atoms with Gasteiger partial charge in [0, 0.05) is 12.8 Å². The fourth-order valence-corrected chi connectivity index (χ4v) is 9.91. The monoisotopic (exact) mass is 986 g/mol. The number of esters is 1. The molecule has 0 saturated heterocycles. The second-order valence-corrected chi connectivity index (χ2v) is 21.7. The van der Waals surface area contributed by atoms with Gasteiger partial charge in [-0.2, -0.15) is 0 Å². The summed E-state index contributed by atoms with van der Waals surface area (Å²) in [6.45, 7) is 4.91. The van der Waals surface area contributed by atoms with Gasteiger partial charge in [-0.1, -0.05) is 301 Å². The molecule has 0 fully saturated rings. The molecule has 0 rings (SSSR count). The molecule has 70 heavy (non-hydrogen) atoms. The van der Waals surface area contributed by atoms with Crippen molar-refractivity contribution in [2.24, 2.45) is 0 Å². The lowest BCUT2D eigenvalue weighted by atomic mass is 10.0. The van der Waals surface area contributed by atoms with E-state index in [2.05, 4.69) is 43.5 Å². The van der Waals surface area contributed by atoms with E-state index in [0.717, 1.165) is 64.2 Å². The number of rotatable bonds is 59. The number of aliphatic hydroxyl groups excluding tert-OH is 2. The number of amides is 1. The molecule has 0 bridgehead atoms. The fourth-order valence-electron chi connectivity index (χ4n) is 9.91. The Morgan fingerprint density at radius 2 is 0.714 bits per heavy atom. The molecule has 0 saturated carbocycles. The number of carbonyl (C=O) groups is 2. The molecule has 0 aromatic rings. The fraction of sp³-hybridized carbons (Fsp3) is 0.906. The van der Waals surface area contributed by atoms with Gasteiger partial charge in [-0.25, -0.2) is 0 Å². The summed E-state index contributed by atoms with van der Waals surface area (Å²) in [5, 5.41) is 23.4. The van der Waals surface area contributed by atoms with E-state index in [1.165, 1.54) is 250 Å². The number of hydrogen-bond donors (Lipinski definition) is 3. The summed E-state index contributed by atoms with van der Waals surface area (Å²) in [5.41, 5.74) is 0. The molecule has 0 aromatic carbocycles.